The minimum absolute atomic E-state index is 0.00491. The van der Waals surface area contributed by atoms with Gasteiger partial charge >= 0.3 is 11.9 Å². The molecule has 0 aromatic rings. The maximum absolute atomic E-state index is 11.3. The molecule has 0 aromatic heterocycles. The minimum atomic E-state index is -0.935. The van der Waals surface area contributed by atoms with Crippen molar-refractivity contribution >= 4 is 17.8 Å². The van der Waals surface area contributed by atoms with E-state index in [1.807, 2.05) is 0 Å². The Labute approximate surface area is 208 Å². The number of hydrogen-bond donors (Lipinski definition) is 2. The van der Waals surface area contributed by atoms with Gasteiger partial charge in [-0.2, -0.15) is 0 Å². The molecule has 0 bridgehead atoms. The van der Waals surface area contributed by atoms with Gasteiger partial charge in [0.25, 0.3) is 0 Å². The maximum Gasteiger partial charge on any atom is 0.330 e. The number of rotatable bonds is 18. The zero-order valence-electron chi connectivity index (χ0n) is 22.4. The van der Waals surface area contributed by atoms with E-state index < -0.39 is 5.97 Å². The van der Waals surface area contributed by atoms with Crippen LogP contribution in [-0.2, 0) is 19.1 Å². The van der Waals surface area contributed by atoms with Crippen molar-refractivity contribution in [1.29, 1.82) is 0 Å². The Balaban J connectivity index is -0.000000653. The summed E-state index contributed by atoms with van der Waals surface area (Å²) in [5.41, 5.74) is 0.778. The van der Waals surface area contributed by atoms with Crippen molar-refractivity contribution in [3.63, 3.8) is 0 Å². The molecular weight excluding hydrogens is 430 g/mol. The van der Waals surface area contributed by atoms with Crippen LogP contribution in [0.15, 0.2) is 37.1 Å². The largest absolute Gasteiger partial charge is 0.478 e. The van der Waals surface area contributed by atoms with Crippen molar-refractivity contribution in [1.82, 2.24) is 5.32 Å². The van der Waals surface area contributed by atoms with Gasteiger partial charge < -0.3 is 15.2 Å². The molecule has 0 aliphatic rings. The first-order valence-electron chi connectivity index (χ1n) is 12.7. The zero-order chi connectivity index (χ0) is 26.6. The Morgan fingerprint density at radius 1 is 0.735 bits per heavy atom. The Bertz CT molecular complexity index is 557. The fraction of sp³-hybridized carbons (Fsp3) is 0.679. The molecule has 6 heteroatoms. The van der Waals surface area contributed by atoms with Crippen LogP contribution in [0.2, 0.25) is 0 Å². The first-order valence-corrected chi connectivity index (χ1v) is 12.7. The van der Waals surface area contributed by atoms with E-state index in [-0.39, 0.29) is 17.4 Å². The molecule has 0 aliphatic heterocycles. The second kappa shape index (κ2) is 28.7. The minimum Gasteiger partial charge on any atom is -0.478 e. The molecule has 0 unspecified atom stereocenters. The van der Waals surface area contributed by atoms with E-state index >= 15 is 0 Å². The molecule has 34 heavy (non-hydrogen) atoms. The average Bonchev–Trinajstić information content (AvgIpc) is 2.76. The van der Waals surface area contributed by atoms with E-state index in [1.165, 1.54) is 97.3 Å². The van der Waals surface area contributed by atoms with Crippen molar-refractivity contribution in [3.05, 3.63) is 37.1 Å². The van der Waals surface area contributed by atoms with Gasteiger partial charge in [0.05, 0.1) is 6.26 Å². The summed E-state index contributed by atoms with van der Waals surface area (Å²) in [7, 11) is 0. The molecule has 0 aliphatic carbocycles. The number of esters is 1. The number of carboxylic acid groups (broad SMARTS) is 1. The lowest BCUT2D eigenvalue weighted by Gasteiger charge is -2.05. The number of nitrogens with one attached hydrogen (secondary N) is 1. The fourth-order valence-corrected chi connectivity index (χ4v) is 2.79. The summed E-state index contributed by atoms with van der Waals surface area (Å²) in [4.78, 5) is 30.6. The smallest absolute Gasteiger partial charge is 0.330 e. The van der Waals surface area contributed by atoms with Crippen LogP contribution < -0.4 is 5.32 Å². The van der Waals surface area contributed by atoms with E-state index in [9.17, 15) is 14.4 Å². The van der Waals surface area contributed by atoms with Gasteiger partial charge in [0.15, 0.2) is 0 Å². The monoisotopic (exact) mass is 481 g/mol. The molecule has 0 saturated carbocycles. The predicted octanol–water partition coefficient (Wildman–Crippen LogP) is 7.50. The van der Waals surface area contributed by atoms with Gasteiger partial charge in [0, 0.05) is 24.6 Å². The van der Waals surface area contributed by atoms with Gasteiger partial charge in [-0.25, -0.2) is 4.79 Å². The quantitative estimate of drug-likeness (QED) is 0.0915. The third-order valence-corrected chi connectivity index (χ3v) is 4.82. The van der Waals surface area contributed by atoms with Crippen LogP contribution in [0.1, 0.15) is 118 Å². The van der Waals surface area contributed by atoms with Gasteiger partial charge in [0.1, 0.15) is 0 Å². The number of hydrogen-bond acceptors (Lipinski definition) is 4. The SMILES string of the molecule is C=C(C)C(=O)NCCCCCCCCCCCCCCCC.C=C(C)C(=O)O.C=COC(C)=O. The molecule has 0 spiro atoms. The van der Waals surface area contributed by atoms with E-state index in [0.717, 1.165) is 19.2 Å². The number of carbonyl (C=O) groups is 3. The molecule has 6 nitrogen and oxygen atoms in total. The third kappa shape index (κ3) is 37.0. The highest BCUT2D eigenvalue weighted by Crippen LogP contribution is 2.12. The van der Waals surface area contributed by atoms with Crippen molar-refractivity contribution in [2.75, 3.05) is 6.54 Å². The summed E-state index contributed by atoms with van der Waals surface area (Å²) in [6, 6.07) is 0. The van der Waals surface area contributed by atoms with Crippen LogP contribution in [0.4, 0.5) is 0 Å². The Morgan fingerprint density at radius 2 is 1.09 bits per heavy atom. The first kappa shape index (κ1) is 36.2. The lowest BCUT2D eigenvalue weighted by Crippen LogP contribution is -2.24. The number of unbranched alkanes of at least 4 members (excludes halogenated alkanes) is 13. The lowest BCUT2D eigenvalue weighted by atomic mass is 10.0. The standard InChI is InChI=1S/C20H39NO.2C4H6O2/c1-4-5-6-7-8-9-10-11-12-13-14-15-16-17-18-21-20(22)19(2)3;1-3-6-4(2)5;1-3(2)4(5)6/h2,4-18H2,1,3H3,(H,21,22);3H,1H2,2H3;1H2,2H3,(H,5,6). The van der Waals surface area contributed by atoms with Crippen LogP contribution in [0, 0.1) is 0 Å². The first-order chi connectivity index (χ1) is 16.1. The second-order valence-electron chi connectivity index (χ2n) is 8.49. The Kier molecular flexibility index (Phi) is 30.5. The van der Waals surface area contributed by atoms with Gasteiger partial charge in [-0.15, -0.1) is 0 Å². The topological polar surface area (TPSA) is 92.7 Å². The third-order valence-electron chi connectivity index (χ3n) is 4.82. The molecule has 0 radical (unpaired) electrons. The molecule has 0 heterocycles. The van der Waals surface area contributed by atoms with Crippen LogP contribution >= 0.6 is 0 Å². The zero-order valence-corrected chi connectivity index (χ0v) is 22.4. The number of carbonyl (C=O) groups excluding carboxylic acids is 2. The molecule has 0 rings (SSSR count). The molecule has 1 amide bonds. The number of amides is 1. The van der Waals surface area contributed by atoms with Crippen LogP contribution in [-0.4, -0.2) is 29.5 Å². The van der Waals surface area contributed by atoms with E-state index in [1.54, 1.807) is 6.92 Å². The van der Waals surface area contributed by atoms with E-state index in [2.05, 4.69) is 36.7 Å². The average molecular weight is 482 g/mol. The predicted molar refractivity (Wildman–Crippen MR) is 143 cm³/mol. The summed E-state index contributed by atoms with van der Waals surface area (Å²) in [6.45, 7) is 17.5. The van der Waals surface area contributed by atoms with Crippen LogP contribution in [0.25, 0.3) is 0 Å². The summed E-state index contributed by atoms with van der Waals surface area (Å²) in [6.07, 6.45) is 20.2. The van der Waals surface area contributed by atoms with Gasteiger partial charge in [-0.3, -0.25) is 9.59 Å². The number of aliphatic carboxylic acids is 1. The fourth-order valence-electron chi connectivity index (χ4n) is 2.79. The van der Waals surface area contributed by atoms with Crippen molar-refractivity contribution in [2.24, 2.45) is 0 Å². The highest BCUT2D eigenvalue weighted by Gasteiger charge is 1.99. The van der Waals surface area contributed by atoms with E-state index in [0.29, 0.717) is 5.57 Å². The van der Waals surface area contributed by atoms with Crippen LogP contribution in [0.3, 0.4) is 0 Å². The second-order valence-corrected chi connectivity index (χ2v) is 8.49. The van der Waals surface area contributed by atoms with Gasteiger partial charge in [0.2, 0.25) is 5.91 Å². The summed E-state index contributed by atoms with van der Waals surface area (Å²) >= 11 is 0. The highest BCUT2D eigenvalue weighted by atomic mass is 16.5. The molecule has 0 aromatic carbocycles. The van der Waals surface area contributed by atoms with Crippen molar-refractivity contribution in [3.8, 4) is 0 Å². The molecule has 198 valence electrons. The van der Waals surface area contributed by atoms with Gasteiger partial charge in [-0.05, 0) is 20.3 Å². The van der Waals surface area contributed by atoms with Crippen molar-refractivity contribution < 1.29 is 24.2 Å². The molecular formula is C28H51NO5. The number of ether oxygens (including phenoxy) is 1. The normalized spacial score (nSPS) is 9.41. The summed E-state index contributed by atoms with van der Waals surface area (Å²) in [5.74, 6) is -1.27. The summed E-state index contributed by atoms with van der Waals surface area (Å²) in [5, 5.41) is 10.8. The molecule has 0 fully saturated rings. The van der Waals surface area contributed by atoms with Gasteiger partial charge in [-0.1, -0.05) is 110 Å². The van der Waals surface area contributed by atoms with Crippen molar-refractivity contribution in [2.45, 2.75) is 118 Å². The molecule has 0 saturated heterocycles. The Hall–Kier alpha value is -2.37. The highest BCUT2D eigenvalue weighted by molar-refractivity contribution is 5.92. The molecule has 2 N–H and O–H groups in total. The number of carboxylic acids is 1. The maximum atomic E-state index is 11.3. The van der Waals surface area contributed by atoms with E-state index in [4.69, 9.17) is 5.11 Å². The lowest BCUT2D eigenvalue weighted by molar-refractivity contribution is -0.135. The Morgan fingerprint density at radius 3 is 1.32 bits per heavy atom. The van der Waals surface area contributed by atoms with Crippen LogP contribution in [0.5, 0.6) is 0 Å². The summed E-state index contributed by atoms with van der Waals surface area (Å²) < 4.78 is 4.17. The molecule has 0 atom stereocenters.